The predicted molar refractivity (Wildman–Crippen MR) is 138 cm³/mol. The van der Waals surface area contributed by atoms with Gasteiger partial charge in [-0.05, 0) is 57.0 Å². The molecule has 0 aliphatic heterocycles. The summed E-state index contributed by atoms with van der Waals surface area (Å²) in [6.45, 7) is 3.42. The van der Waals surface area contributed by atoms with E-state index in [1.807, 2.05) is 6.07 Å². The van der Waals surface area contributed by atoms with Crippen molar-refractivity contribution >= 4 is 40.9 Å². The van der Waals surface area contributed by atoms with Gasteiger partial charge in [0.1, 0.15) is 17.5 Å². The molecule has 0 bridgehead atoms. The third-order valence-corrected chi connectivity index (χ3v) is 6.90. The summed E-state index contributed by atoms with van der Waals surface area (Å²) in [4.78, 5) is 36.9. The highest BCUT2D eigenvalue weighted by molar-refractivity contribution is 6.31. The highest BCUT2D eigenvalue weighted by Crippen LogP contribution is 2.34. The second-order valence-electron chi connectivity index (χ2n) is 9.07. The Morgan fingerprint density at radius 2 is 1.73 bits per heavy atom. The fourth-order valence-corrected chi connectivity index (χ4v) is 4.84. The lowest BCUT2D eigenvalue weighted by atomic mass is 9.78. The van der Waals surface area contributed by atoms with Crippen LogP contribution in [0, 0.1) is 18.8 Å². The highest BCUT2D eigenvalue weighted by Gasteiger charge is 2.35. The van der Waals surface area contributed by atoms with E-state index in [1.165, 1.54) is 0 Å². The molecule has 3 atom stereocenters. The number of aryl methyl sites for hydroxylation is 1. The summed E-state index contributed by atoms with van der Waals surface area (Å²) >= 11 is 6.20. The number of nitrogens with zero attached hydrogens (tertiary/aromatic N) is 1. The molecule has 1 aliphatic rings. The van der Waals surface area contributed by atoms with Gasteiger partial charge in [-0.3, -0.25) is 14.9 Å². The van der Waals surface area contributed by atoms with E-state index in [2.05, 4.69) is 15.8 Å². The van der Waals surface area contributed by atoms with Crippen molar-refractivity contribution in [1.29, 1.82) is 0 Å². The Labute approximate surface area is 219 Å². The molecule has 0 radical (unpaired) electrons. The quantitative estimate of drug-likeness (QED) is 0.323. The van der Waals surface area contributed by atoms with Crippen LogP contribution in [0.3, 0.4) is 0 Å². The van der Waals surface area contributed by atoms with Gasteiger partial charge in [-0.15, -0.1) is 0 Å². The van der Waals surface area contributed by atoms with E-state index in [9.17, 15) is 19.5 Å². The fraction of sp³-hybridized carbons (Fsp3) is 0.333. The van der Waals surface area contributed by atoms with E-state index in [4.69, 9.17) is 20.9 Å². The number of carbonyl (C=O) groups is 3. The van der Waals surface area contributed by atoms with Crippen LogP contribution in [0.25, 0.3) is 11.3 Å². The smallest absolute Gasteiger partial charge is 0.412 e. The van der Waals surface area contributed by atoms with Crippen LogP contribution in [-0.2, 0) is 14.3 Å². The monoisotopic (exact) mass is 525 g/mol. The van der Waals surface area contributed by atoms with Gasteiger partial charge in [-0.1, -0.05) is 47.8 Å². The number of rotatable bonds is 7. The molecule has 194 valence electrons. The van der Waals surface area contributed by atoms with E-state index < -0.39 is 30.0 Å². The molecule has 1 fully saturated rings. The maximum absolute atomic E-state index is 12.8. The zero-order chi connectivity index (χ0) is 26.5. The number of carbonyl (C=O) groups excluding carboxylic acids is 2. The van der Waals surface area contributed by atoms with Crippen LogP contribution >= 0.6 is 11.6 Å². The molecule has 1 unspecified atom stereocenters. The second-order valence-corrected chi connectivity index (χ2v) is 9.48. The first-order chi connectivity index (χ1) is 17.7. The van der Waals surface area contributed by atoms with Gasteiger partial charge in [-0.25, -0.2) is 4.79 Å². The summed E-state index contributed by atoms with van der Waals surface area (Å²) in [7, 11) is 0. The van der Waals surface area contributed by atoms with Gasteiger partial charge in [0.25, 0.3) is 0 Å². The molecule has 0 saturated heterocycles. The van der Waals surface area contributed by atoms with Crippen LogP contribution in [0.1, 0.15) is 50.0 Å². The van der Waals surface area contributed by atoms with E-state index in [-0.39, 0.29) is 5.91 Å². The van der Waals surface area contributed by atoms with Crippen LogP contribution in [0.15, 0.2) is 53.1 Å². The fourth-order valence-electron chi connectivity index (χ4n) is 4.55. The Balaban J connectivity index is 1.43. The van der Waals surface area contributed by atoms with Gasteiger partial charge >= 0.3 is 12.1 Å². The molecule has 1 aliphatic carbocycles. The van der Waals surface area contributed by atoms with E-state index in [1.54, 1.807) is 56.3 Å². The van der Waals surface area contributed by atoms with Crippen LogP contribution in [0.5, 0.6) is 0 Å². The van der Waals surface area contributed by atoms with Crippen molar-refractivity contribution < 1.29 is 28.8 Å². The Hall–Kier alpha value is -3.85. The average Bonchev–Trinajstić information content (AvgIpc) is 3.24. The van der Waals surface area contributed by atoms with Crippen molar-refractivity contribution in [2.75, 3.05) is 10.6 Å². The summed E-state index contributed by atoms with van der Waals surface area (Å²) in [5.41, 5.74) is 2.66. The van der Waals surface area contributed by atoms with Gasteiger partial charge < -0.3 is 19.7 Å². The number of amides is 2. The lowest BCUT2D eigenvalue weighted by Gasteiger charge is -2.27. The number of anilines is 2. The molecule has 9 nitrogen and oxygen atoms in total. The summed E-state index contributed by atoms with van der Waals surface area (Å²) in [5.74, 6) is -2.13. The Morgan fingerprint density at radius 1 is 1.05 bits per heavy atom. The lowest BCUT2D eigenvalue weighted by Crippen LogP contribution is -2.36. The molecule has 4 rings (SSSR count). The number of nitrogens with one attached hydrogen (secondary N) is 2. The molecule has 10 heteroatoms. The summed E-state index contributed by atoms with van der Waals surface area (Å²) < 4.78 is 10.9. The molecule has 0 spiro atoms. The molecule has 1 saturated carbocycles. The Bertz CT molecular complexity index is 1290. The van der Waals surface area contributed by atoms with Crippen molar-refractivity contribution in [1.82, 2.24) is 5.16 Å². The summed E-state index contributed by atoms with van der Waals surface area (Å²) in [6.07, 6.45) is 1.44. The largest absolute Gasteiger partial charge is 0.481 e. The molecule has 2 aromatic carbocycles. The standard InChI is InChI=1S/C27H28ClN3O6/c1-15-23(30-27(35)36-16(2)19-7-5-6-10-22(19)28)24(37-31-15)17-11-13-18(14-12-17)29-25(32)20-8-3-4-9-21(20)26(33)34/h5-7,10-14,16,20-21H,3-4,8-9H2,1-2H3,(H,29,32)(H,30,35)(H,33,34)/t16?,20-,21-/m0/s1. The van der Waals surface area contributed by atoms with Gasteiger partial charge in [0, 0.05) is 21.8 Å². The minimum atomic E-state index is -0.935. The van der Waals surface area contributed by atoms with Crippen molar-refractivity contribution in [3.05, 3.63) is 64.8 Å². The van der Waals surface area contributed by atoms with Crippen molar-refractivity contribution in [3.63, 3.8) is 0 Å². The molecule has 1 heterocycles. The van der Waals surface area contributed by atoms with E-state index in [0.717, 1.165) is 12.8 Å². The first kappa shape index (κ1) is 26.2. The topological polar surface area (TPSA) is 131 Å². The van der Waals surface area contributed by atoms with Crippen LogP contribution < -0.4 is 10.6 Å². The van der Waals surface area contributed by atoms with Gasteiger partial charge in [0.15, 0.2) is 5.76 Å². The molecule has 3 N–H and O–H groups in total. The first-order valence-corrected chi connectivity index (χ1v) is 12.4. The number of aromatic nitrogens is 1. The van der Waals surface area contributed by atoms with Crippen molar-refractivity contribution in [2.45, 2.75) is 45.6 Å². The molecule has 37 heavy (non-hydrogen) atoms. The van der Waals surface area contributed by atoms with E-state index in [0.29, 0.717) is 51.8 Å². The number of hydrogen-bond donors (Lipinski definition) is 3. The molecule has 3 aromatic rings. The van der Waals surface area contributed by atoms with Gasteiger partial charge in [-0.2, -0.15) is 0 Å². The average molecular weight is 526 g/mol. The number of benzene rings is 2. The van der Waals surface area contributed by atoms with Gasteiger partial charge in [0.2, 0.25) is 5.91 Å². The lowest BCUT2D eigenvalue weighted by molar-refractivity contribution is -0.147. The molecule has 1 aromatic heterocycles. The number of hydrogen-bond acceptors (Lipinski definition) is 6. The maximum atomic E-state index is 12.8. The normalized spacial score (nSPS) is 18.0. The van der Waals surface area contributed by atoms with Crippen LogP contribution in [0.4, 0.5) is 16.2 Å². The minimum absolute atomic E-state index is 0.298. The van der Waals surface area contributed by atoms with Crippen LogP contribution in [0.2, 0.25) is 5.02 Å². The third-order valence-electron chi connectivity index (χ3n) is 6.55. The number of halogens is 1. The van der Waals surface area contributed by atoms with Crippen molar-refractivity contribution in [3.8, 4) is 11.3 Å². The predicted octanol–water partition coefficient (Wildman–Crippen LogP) is 6.44. The second kappa shape index (κ2) is 11.5. The maximum Gasteiger partial charge on any atom is 0.412 e. The molecular formula is C27H28ClN3O6. The van der Waals surface area contributed by atoms with Crippen LogP contribution in [-0.4, -0.2) is 28.2 Å². The highest BCUT2D eigenvalue weighted by atomic mass is 35.5. The molecular weight excluding hydrogens is 498 g/mol. The summed E-state index contributed by atoms with van der Waals surface area (Å²) in [5, 5.41) is 19.4. The van der Waals surface area contributed by atoms with Crippen molar-refractivity contribution in [2.24, 2.45) is 11.8 Å². The summed E-state index contributed by atoms with van der Waals surface area (Å²) in [6, 6.07) is 13.9. The SMILES string of the molecule is Cc1noc(-c2ccc(NC(=O)[C@H]3CCCC[C@@H]3C(=O)O)cc2)c1NC(=O)OC(C)c1ccccc1Cl. The Kier molecular flexibility index (Phi) is 8.13. The first-order valence-electron chi connectivity index (χ1n) is 12.1. The minimum Gasteiger partial charge on any atom is -0.481 e. The third kappa shape index (κ3) is 6.11. The zero-order valence-electron chi connectivity index (χ0n) is 20.5. The number of carboxylic acid groups (broad SMARTS) is 1. The number of aliphatic carboxylic acids is 1. The Morgan fingerprint density at radius 3 is 2.41 bits per heavy atom. The van der Waals surface area contributed by atoms with Gasteiger partial charge in [0.05, 0.1) is 11.8 Å². The number of ether oxygens (including phenoxy) is 1. The van der Waals surface area contributed by atoms with E-state index >= 15 is 0 Å². The zero-order valence-corrected chi connectivity index (χ0v) is 21.2. The number of carboxylic acids is 1. The molecule has 2 amide bonds.